The summed E-state index contributed by atoms with van der Waals surface area (Å²) in [6.45, 7) is 9.57. The fourth-order valence-corrected chi connectivity index (χ4v) is 4.16. The summed E-state index contributed by atoms with van der Waals surface area (Å²) in [5.41, 5.74) is 2.81. The molecular formula is C20H32N2O2. The van der Waals surface area contributed by atoms with Crippen molar-refractivity contribution in [3.8, 4) is 0 Å². The van der Waals surface area contributed by atoms with Crippen molar-refractivity contribution in [1.82, 2.24) is 9.80 Å². The van der Waals surface area contributed by atoms with Crippen molar-refractivity contribution in [3.63, 3.8) is 0 Å². The molecule has 3 aliphatic rings. The van der Waals surface area contributed by atoms with Crippen LogP contribution in [0.25, 0.3) is 0 Å². The third-order valence-electron chi connectivity index (χ3n) is 5.90. The second kappa shape index (κ2) is 7.83. The summed E-state index contributed by atoms with van der Waals surface area (Å²) >= 11 is 0. The van der Waals surface area contributed by atoms with E-state index >= 15 is 0 Å². The van der Waals surface area contributed by atoms with Gasteiger partial charge in [-0.3, -0.25) is 9.69 Å². The summed E-state index contributed by atoms with van der Waals surface area (Å²) in [6.07, 6.45) is 8.89. The van der Waals surface area contributed by atoms with Crippen LogP contribution in [0.2, 0.25) is 0 Å². The molecule has 1 aliphatic carbocycles. The molecule has 4 nitrogen and oxygen atoms in total. The Hall–Kier alpha value is -1.13. The number of esters is 1. The standard InChI is InChI=1S/C20H32N2O2/c1-15-5-4-6-16(2)13-19-17(8-7-15)18(20(23)24-19)14-22-11-9-21(3)10-12-22/h5,13,17-19H,4,6-12,14H2,1-3H3/b15-5?,16-13+/t17-,18-,19+/m0/s1. The molecule has 0 spiro atoms. The lowest BCUT2D eigenvalue weighted by Crippen LogP contribution is -2.47. The van der Waals surface area contributed by atoms with Gasteiger partial charge in [-0.25, -0.2) is 0 Å². The zero-order valence-electron chi connectivity index (χ0n) is 15.5. The normalized spacial score (nSPS) is 35.6. The second-order valence-electron chi connectivity index (χ2n) is 7.92. The van der Waals surface area contributed by atoms with Crippen LogP contribution in [0.15, 0.2) is 23.3 Å². The highest BCUT2D eigenvalue weighted by Gasteiger charge is 2.44. The van der Waals surface area contributed by atoms with E-state index in [4.69, 9.17) is 4.74 Å². The Labute approximate surface area is 146 Å². The number of hydrogen-bond acceptors (Lipinski definition) is 4. The minimum Gasteiger partial charge on any atom is -0.458 e. The highest BCUT2D eigenvalue weighted by molar-refractivity contribution is 5.76. The predicted molar refractivity (Wildman–Crippen MR) is 96.8 cm³/mol. The largest absolute Gasteiger partial charge is 0.458 e. The van der Waals surface area contributed by atoms with E-state index in [1.165, 1.54) is 11.1 Å². The lowest BCUT2D eigenvalue weighted by molar-refractivity contribution is -0.143. The van der Waals surface area contributed by atoms with Crippen LogP contribution in [-0.4, -0.2) is 61.6 Å². The summed E-state index contributed by atoms with van der Waals surface area (Å²) in [7, 11) is 2.17. The topological polar surface area (TPSA) is 32.8 Å². The van der Waals surface area contributed by atoms with Crippen molar-refractivity contribution in [3.05, 3.63) is 23.3 Å². The van der Waals surface area contributed by atoms with Gasteiger partial charge >= 0.3 is 5.97 Å². The monoisotopic (exact) mass is 332 g/mol. The molecule has 0 aromatic carbocycles. The Morgan fingerprint density at radius 1 is 1.12 bits per heavy atom. The molecular weight excluding hydrogens is 300 g/mol. The molecule has 2 saturated heterocycles. The molecule has 2 heterocycles. The number of ether oxygens (including phenoxy) is 1. The van der Waals surface area contributed by atoms with Crippen molar-refractivity contribution >= 4 is 5.97 Å². The number of fused-ring (bicyclic) bond motifs is 1. The van der Waals surface area contributed by atoms with Crippen LogP contribution in [0.1, 0.15) is 39.5 Å². The summed E-state index contributed by atoms with van der Waals surface area (Å²) in [5, 5.41) is 0. The highest BCUT2D eigenvalue weighted by Crippen LogP contribution is 2.36. The molecule has 24 heavy (non-hydrogen) atoms. The van der Waals surface area contributed by atoms with Gasteiger partial charge in [0.15, 0.2) is 0 Å². The summed E-state index contributed by atoms with van der Waals surface area (Å²) in [4.78, 5) is 17.4. The molecule has 2 aliphatic heterocycles. The van der Waals surface area contributed by atoms with Crippen LogP contribution in [0, 0.1) is 11.8 Å². The number of carbonyl (C=O) groups is 1. The Morgan fingerprint density at radius 3 is 2.62 bits per heavy atom. The molecule has 3 rings (SSSR count). The van der Waals surface area contributed by atoms with Crippen molar-refractivity contribution in [2.45, 2.75) is 45.6 Å². The molecule has 0 amide bonds. The number of allylic oxidation sites excluding steroid dienone is 3. The van der Waals surface area contributed by atoms with Gasteiger partial charge in [0.25, 0.3) is 0 Å². The minimum absolute atomic E-state index is 0.0131. The third-order valence-corrected chi connectivity index (χ3v) is 5.90. The van der Waals surface area contributed by atoms with Crippen molar-refractivity contribution in [2.24, 2.45) is 11.8 Å². The molecule has 134 valence electrons. The van der Waals surface area contributed by atoms with Gasteiger partial charge in [0.1, 0.15) is 6.10 Å². The van der Waals surface area contributed by atoms with E-state index in [1.807, 2.05) is 0 Å². The number of nitrogens with zero attached hydrogens (tertiary/aromatic N) is 2. The van der Waals surface area contributed by atoms with E-state index in [9.17, 15) is 4.79 Å². The van der Waals surface area contributed by atoms with E-state index in [-0.39, 0.29) is 18.0 Å². The van der Waals surface area contributed by atoms with Gasteiger partial charge < -0.3 is 9.64 Å². The zero-order valence-corrected chi connectivity index (χ0v) is 15.5. The van der Waals surface area contributed by atoms with Crippen LogP contribution < -0.4 is 0 Å². The molecule has 3 atom stereocenters. The lowest BCUT2D eigenvalue weighted by Gasteiger charge is -2.34. The van der Waals surface area contributed by atoms with Gasteiger partial charge in [0.05, 0.1) is 5.92 Å². The lowest BCUT2D eigenvalue weighted by atomic mass is 9.83. The maximum atomic E-state index is 12.6. The first-order valence-electron chi connectivity index (χ1n) is 9.47. The maximum Gasteiger partial charge on any atom is 0.311 e. The fourth-order valence-electron chi connectivity index (χ4n) is 4.16. The quantitative estimate of drug-likeness (QED) is 0.575. The van der Waals surface area contributed by atoms with Crippen molar-refractivity contribution in [1.29, 1.82) is 0 Å². The van der Waals surface area contributed by atoms with E-state index in [1.54, 1.807) is 0 Å². The molecule has 0 N–H and O–H groups in total. The first kappa shape index (κ1) is 17.7. The summed E-state index contributed by atoms with van der Waals surface area (Å²) in [6, 6.07) is 0. The van der Waals surface area contributed by atoms with E-state index in [2.05, 4.69) is 42.8 Å². The number of carbonyl (C=O) groups excluding carboxylic acids is 1. The number of piperazine rings is 1. The maximum absolute atomic E-state index is 12.6. The average molecular weight is 332 g/mol. The third kappa shape index (κ3) is 4.28. The number of hydrogen-bond donors (Lipinski definition) is 0. The van der Waals surface area contributed by atoms with E-state index < -0.39 is 0 Å². The number of rotatable bonds is 2. The van der Waals surface area contributed by atoms with Crippen molar-refractivity contribution in [2.75, 3.05) is 39.8 Å². The minimum atomic E-state index is -0.0131. The smallest absolute Gasteiger partial charge is 0.311 e. The second-order valence-corrected chi connectivity index (χ2v) is 7.92. The van der Waals surface area contributed by atoms with Gasteiger partial charge in [-0.1, -0.05) is 17.2 Å². The fraction of sp³-hybridized carbons (Fsp3) is 0.750. The Balaban J connectivity index is 1.72. The molecule has 0 radical (unpaired) electrons. The van der Waals surface area contributed by atoms with Gasteiger partial charge in [0.2, 0.25) is 0 Å². The van der Waals surface area contributed by atoms with Crippen LogP contribution in [-0.2, 0) is 9.53 Å². The summed E-state index contributed by atoms with van der Waals surface area (Å²) < 4.78 is 5.81. The SMILES string of the molecule is CC1=CCC/C(C)=C/[C@H]2OC(=O)[C@@H](CN3CCN(C)CC3)[C@@H]2CC1. The Kier molecular flexibility index (Phi) is 5.77. The first-order valence-corrected chi connectivity index (χ1v) is 9.47. The van der Waals surface area contributed by atoms with Gasteiger partial charge in [-0.15, -0.1) is 0 Å². The highest BCUT2D eigenvalue weighted by atomic mass is 16.6. The van der Waals surface area contributed by atoms with E-state index in [0.29, 0.717) is 5.92 Å². The van der Waals surface area contributed by atoms with Crippen molar-refractivity contribution < 1.29 is 9.53 Å². The molecule has 0 aromatic heterocycles. The molecule has 0 bridgehead atoms. The Morgan fingerprint density at radius 2 is 1.88 bits per heavy atom. The molecule has 4 heteroatoms. The van der Waals surface area contributed by atoms with Crippen LogP contribution in [0.4, 0.5) is 0 Å². The number of likely N-dealkylation sites (N-methyl/N-ethyl adjacent to an activating group) is 1. The first-order chi connectivity index (χ1) is 11.5. The predicted octanol–water partition coefficient (Wildman–Crippen LogP) is 2.86. The zero-order chi connectivity index (χ0) is 17.1. The van der Waals surface area contributed by atoms with Gasteiger partial charge in [-0.05, 0) is 52.7 Å². The molecule has 2 fully saturated rings. The molecule has 0 aromatic rings. The van der Waals surface area contributed by atoms with Crippen LogP contribution in [0.5, 0.6) is 0 Å². The van der Waals surface area contributed by atoms with Crippen LogP contribution in [0.3, 0.4) is 0 Å². The van der Waals surface area contributed by atoms with Crippen LogP contribution >= 0.6 is 0 Å². The van der Waals surface area contributed by atoms with Gasteiger partial charge in [-0.2, -0.15) is 0 Å². The van der Waals surface area contributed by atoms with E-state index in [0.717, 1.165) is 58.4 Å². The molecule has 0 saturated carbocycles. The molecule has 0 unspecified atom stereocenters. The Bertz CT molecular complexity index is 518. The average Bonchev–Trinajstić information content (AvgIpc) is 2.82. The summed E-state index contributed by atoms with van der Waals surface area (Å²) in [5.74, 6) is 0.386. The van der Waals surface area contributed by atoms with Gasteiger partial charge in [0, 0.05) is 38.6 Å².